The Kier molecular flexibility index (Phi) is 6.17. The van der Waals surface area contributed by atoms with Crippen LogP contribution in [0.3, 0.4) is 0 Å². The van der Waals surface area contributed by atoms with Crippen LogP contribution < -0.4 is 19.1 Å². The molecule has 5 rings (SSSR count). The zero-order valence-corrected chi connectivity index (χ0v) is 20.8. The van der Waals surface area contributed by atoms with E-state index in [-0.39, 0.29) is 5.78 Å². The second-order valence-electron chi connectivity index (χ2n) is 9.13. The zero-order chi connectivity index (χ0) is 26.2. The highest BCUT2D eigenvalue weighted by molar-refractivity contribution is 6.00. The van der Waals surface area contributed by atoms with Crippen LogP contribution in [0.15, 0.2) is 72.9 Å². The van der Waals surface area contributed by atoms with E-state index in [4.69, 9.17) is 14.2 Å². The maximum absolute atomic E-state index is 14.2. The van der Waals surface area contributed by atoms with Gasteiger partial charge < -0.3 is 14.2 Å². The van der Waals surface area contributed by atoms with Crippen molar-refractivity contribution in [3.05, 3.63) is 95.2 Å². The Labute approximate surface area is 215 Å². The molecule has 1 saturated heterocycles. The van der Waals surface area contributed by atoms with Crippen LogP contribution in [0, 0.1) is 28.1 Å². The first kappa shape index (κ1) is 24.1. The van der Waals surface area contributed by atoms with Crippen molar-refractivity contribution in [2.75, 3.05) is 21.3 Å². The van der Waals surface area contributed by atoms with Crippen LogP contribution in [0.5, 0.6) is 17.2 Å². The fourth-order valence-electron chi connectivity index (χ4n) is 5.93. The molecule has 0 aromatic heterocycles. The average Bonchev–Trinajstić information content (AvgIpc) is 3.27. The van der Waals surface area contributed by atoms with E-state index in [2.05, 4.69) is 12.1 Å². The van der Waals surface area contributed by atoms with Gasteiger partial charge in [0, 0.05) is 11.1 Å². The van der Waals surface area contributed by atoms with E-state index in [1.54, 1.807) is 24.3 Å². The van der Waals surface area contributed by atoms with Gasteiger partial charge in [-0.25, -0.2) is 0 Å². The molecule has 1 fully saturated rings. The van der Waals surface area contributed by atoms with E-state index >= 15 is 0 Å². The van der Waals surface area contributed by atoms with Crippen molar-refractivity contribution in [2.24, 2.45) is 5.41 Å². The molecule has 0 saturated carbocycles. The maximum Gasteiger partial charge on any atom is 0.221 e. The SMILES string of the molecule is COc1cc([C@H]2[C@H](C(=O)c3ccccc3)[NH+]3C=Cc4ccccc4[C@H]3C2(C#N)C#N)cc(OC)c1OC. The summed E-state index contributed by atoms with van der Waals surface area (Å²) in [5.41, 5.74) is 1.36. The topological polar surface area (TPSA) is 96.8 Å². The van der Waals surface area contributed by atoms with E-state index in [0.717, 1.165) is 16.0 Å². The molecule has 37 heavy (non-hydrogen) atoms. The third-order valence-electron chi connectivity index (χ3n) is 7.49. The van der Waals surface area contributed by atoms with Gasteiger partial charge in [-0.2, -0.15) is 10.5 Å². The summed E-state index contributed by atoms with van der Waals surface area (Å²) in [6.45, 7) is 0. The van der Waals surface area contributed by atoms with Crippen molar-refractivity contribution in [1.29, 1.82) is 10.5 Å². The van der Waals surface area contributed by atoms with Gasteiger partial charge in [-0.3, -0.25) is 9.69 Å². The summed E-state index contributed by atoms with van der Waals surface area (Å²) >= 11 is 0. The number of ether oxygens (including phenoxy) is 3. The molecule has 4 atom stereocenters. The molecule has 1 unspecified atom stereocenters. The number of rotatable bonds is 6. The Morgan fingerprint density at radius 3 is 2.11 bits per heavy atom. The van der Waals surface area contributed by atoms with Gasteiger partial charge in [0.25, 0.3) is 0 Å². The van der Waals surface area contributed by atoms with E-state index in [9.17, 15) is 15.3 Å². The Hall–Kier alpha value is -4.59. The van der Waals surface area contributed by atoms with Crippen molar-refractivity contribution >= 4 is 11.9 Å². The van der Waals surface area contributed by atoms with Gasteiger partial charge in [0.1, 0.15) is 0 Å². The van der Waals surface area contributed by atoms with E-state index in [0.29, 0.717) is 28.4 Å². The van der Waals surface area contributed by atoms with Gasteiger partial charge in [-0.05, 0) is 29.3 Å². The van der Waals surface area contributed by atoms with Gasteiger partial charge in [0.2, 0.25) is 16.9 Å². The number of nitrogens with one attached hydrogen (secondary N) is 1. The maximum atomic E-state index is 14.2. The highest BCUT2D eigenvalue weighted by Crippen LogP contribution is 2.53. The standard InChI is InChI=1S/C30H25N3O4/c1-35-23-15-21(16-24(36-2)28(23)37-3)25-26(27(34)20-10-5-4-6-11-20)33-14-13-19-9-7-8-12-22(19)29(33)30(25,17-31)18-32/h4-16,25-26,29H,1-3H3/p+1/t25-,26+,29-/m0/s1. The summed E-state index contributed by atoms with van der Waals surface area (Å²) in [6, 6.07) is 23.6. The number of ketones is 1. The highest BCUT2D eigenvalue weighted by Gasteiger charge is 2.68. The number of quaternary nitrogens is 1. The first-order valence-electron chi connectivity index (χ1n) is 11.9. The first-order valence-corrected chi connectivity index (χ1v) is 11.9. The van der Waals surface area contributed by atoms with Gasteiger partial charge >= 0.3 is 0 Å². The number of fused-ring (bicyclic) bond motifs is 3. The molecule has 0 amide bonds. The van der Waals surface area contributed by atoms with Crippen LogP contribution in [-0.4, -0.2) is 33.2 Å². The number of hydrogen-bond donors (Lipinski definition) is 1. The van der Waals surface area contributed by atoms with Crippen LogP contribution in [0.1, 0.15) is 39.0 Å². The number of methoxy groups -OCH3 is 3. The van der Waals surface area contributed by atoms with Crippen molar-refractivity contribution in [2.45, 2.75) is 18.0 Å². The lowest BCUT2D eigenvalue weighted by atomic mass is 9.67. The fourth-order valence-corrected chi connectivity index (χ4v) is 5.93. The second-order valence-corrected chi connectivity index (χ2v) is 9.13. The number of nitriles is 2. The Morgan fingerprint density at radius 2 is 1.51 bits per heavy atom. The predicted octanol–water partition coefficient (Wildman–Crippen LogP) is 3.71. The van der Waals surface area contributed by atoms with Gasteiger partial charge in [-0.1, -0.05) is 54.6 Å². The molecule has 7 nitrogen and oxygen atoms in total. The highest BCUT2D eigenvalue weighted by atomic mass is 16.5. The summed E-state index contributed by atoms with van der Waals surface area (Å²) in [7, 11) is 4.54. The third-order valence-corrected chi connectivity index (χ3v) is 7.49. The number of benzene rings is 3. The van der Waals surface area contributed by atoms with Crippen molar-refractivity contribution in [3.63, 3.8) is 0 Å². The summed E-state index contributed by atoms with van der Waals surface area (Å²) in [5, 5.41) is 21.5. The van der Waals surface area contributed by atoms with Crippen LogP contribution in [0.4, 0.5) is 0 Å². The molecule has 184 valence electrons. The Balaban J connectivity index is 1.81. The smallest absolute Gasteiger partial charge is 0.221 e. The monoisotopic (exact) mass is 492 g/mol. The Morgan fingerprint density at radius 1 is 0.892 bits per heavy atom. The Bertz CT molecular complexity index is 1430. The van der Waals surface area contributed by atoms with E-state index in [1.165, 1.54) is 21.3 Å². The number of nitrogens with zero attached hydrogens (tertiary/aromatic N) is 2. The van der Waals surface area contributed by atoms with Gasteiger partial charge in [0.05, 0.1) is 45.6 Å². The molecule has 3 aromatic rings. The van der Waals surface area contributed by atoms with Gasteiger partial charge in [-0.15, -0.1) is 0 Å². The van der Waals surface area contributed by atoms with Crippen molar-refractivity contribution in [3.8, 4) is 29.4 Å². The number of hydrogen-bond acceptors (Lipinski definition) is 6. The molecule has 2 aliphatic heterocycles. The minimum absolute atomic E-state index is 0.143. The van der Waals surface area contributed by atoms with Crippen molar-refractivity contribution < 1.29 is 23.9 Å². The molecule has 0 radical (unpaired) electrons. The largest absolute Gasteiger partial charge is 0.493 e. The molecule has 0 aliphatic carbocycles. The fraction of sp³-hybridized carbons (Fsp3) is 0.233. The first-order chi connectivity index (χ1) is 18.0. The summed E-state index contributed by atoms with van der Waals surface area (Å²) in [6.07, 6.45) is 3.88. The van der Waals surface area contributed by atoms with Crippen LogP contribution >= 0.6 is 0 Å². The number of Topliss-reactive ketones (excluding diaryl/α,β-unsaturated/α-hetero) is 1. The van der Waals surface area contributed by atoms with E-state index < -0.39 is 23.4 Å². The lowest BCUT2D eigenvalue weighted by Gasteiger charge is -2.29. The number of carbonyl (C=O) groups excluding carboxylic acids is 1. The van der Waals surface area contributed by atoms with Crippen LogP contribution in [0.25, 0.3) is 6.08 Å². The minimum atomic E-state index is -1.56. The minimum Gasteiger partial charge on any atom is -0.493 e. The zero-order valence-electron chi connectivity index (χ0n) is 20.8. The lowest BCUT2D eigenvalue weighted by Crippen LogP contribution is -3.11. The van der Waals surface area contributed by atoms with Crippen LogP contribution in [0.2, 0.25) is 0 Å². The molecular weight excluding hydrogens is 466 g/mol. The summed E-state index contributed by atoms with van der Waals surface area (Å²) in [4.78, 5) is 14.9. The molecule has 1 N–H and O–H groups in total. The molecular formula is C30H26N3O4+. The molecule has 3 aromatic carbocycles. The molecule has 2 aliphatic rings. The van der Waals surface area contributed by atoms with E-state index in [1.807, 2.05) is 54.7 Å². The van der Waals surface area contributed by atoms with Crippen molar-refractivity contribution in [1.82, 2.24) is 0 Å². The quantitative estimate of drug-likeness (QED) is 0.527. The van der Waals surface area contributed by atoms with Crippen LogP contribution in [-0.2, 0) is 0 Å². The van der Waals surface area contributed by atoms with Gasteiger partial charge in [0.15, 0.2) is 23.6 Å². The number of carbonyl (C=O) groups is 1. The lowest BCUT2D eigenvalue weighted by molar-refractivity contribution is -0.885. The third kappa shape index (κ3) is 3.56. The molecule has 7 heteroatoms. The molecule has 2 heterocycles. The average molecular weight is 493 g/mol. The molecule has 0 bridgehead atoms. The summed E-state index contributed by atoms with van der Waals surface area (Å²) in [5.74, 6) is 0.245. The second kappa shape index (κ2) is 9.46. The predicted molar refractivity (Wildman–Crippen MR) is 136 cm³/mol. The summed E-state index contributed by atoms with van der Waals surface area (Å²) < 4.78 is 16.7. The normalized spacial score (nSPS) is 22.6. The molecule has 0 spiro atoms.